The summed E-state index contributed by atoms with van der Waals surface area (Å²) in [6.45, 7) is 5.76. The molecule has 0 aliphatic rings. The largest absolute Gasteiger partial charge is 0.459 e. The fourth-order valence-corrected chi connectivity index (χ4v) is 3.50. The molecule has 2 amide bonds. The SMILES string of the molecule is Cc1c(C(NC(=O)Nc2ccc3nc[nH]c(=O)c3c2)C(C)C)oc2ccc(F)cc12. The highest BCUT2D eigenvalue weighted by Crippen LogP contribution is 2.33. The van der Waals surface area contributed by atoms with Gasteiger partial charge in [-0.15, -0.1) is 0 Å². The van der Waals surface area contributed by atoms with Crippen LogP contribution in [0.3, 0.4) is 0 Å². The van der Waals surface area contributed by atoms with Crippen LogP contribution in [0.2, 0.25) is 0 Å². The van der Waals surface area contributed by atoms with Gasteiger partial charge in [-0.05, 0) is 49.2 Å². The first-order valence-electron chi connectivity index (χ1n) is 9.57. The maximum Gasteiger partial charge on any atom is 0.319 e. The van der Waals surface area contributed by atoms with Gasteiger partial charge in [0, 0.05) is 16.6 Å². The summed E-state index contributed by atoms with van der Waals surface area (Å²) in [5, 5.41) is 6.73. The number of benzene rings is 2. The smallest absolute Gasteiger partial charge is 0.319 e. The third kappa shape index (κ3) is 3.63. The second-order valence-corrected chi connectivity index (χ2v) is 7.52. The standard InChI is InChI=1S/C22H21FN4O3/c1-11(2)19(20-12(3)15-8-13(23)4-7-18(15)30-20)27-22(29)26-14-5-6-17-16(9-14)21(28)25-10-24-17/h4-11,19H,1-3H3,(H,24,25,28)(H2,26,27,29). The Balaban J connectivity index is 1.59. The van der Waals surface area contributed by atoms with Crippen molar-refractivity contribution in [1.29, 1.82) is 0 Å². The third-order valence-corrected chi connectivity index (χ3v) is 5.07. The minimum Gasteiger partial charge on any atom is -0.459 e. The molecule has 0 aliphatic carbocycles. The maximum atomic E-state index is 13.6. The van der Waals surface area contributed by atoms with Gasteiger partial charge in [0.25, 0.3) is 5.56 Å². The van der Waals surface area contributed by atoms with E-state index < -0.39 is 12.1 Å². The lowest BCUT2D eigenvalue weighted by Crippen LogP contribution is -2.35. The fourth-order valence-electron chi connectivity index (χ4n) is 3.50. The van der Waals surface area contributed by atoms with Gasteiger partial charge in [0.1, 0.15) is 17.2 Å². The molecule has 8 heteroatoms. The molecule has 0 fully saturated rings. The van der Waals surface area contributed by atoms with Crippen molar-refractivity contribution in [3.63, 3.8) is 0 Å². The van der Waals surface area contributed by atoms with Gasteiger partial charge >= 0.3 is 6.03 Å². The number of H-pyrrole nitrogens is 1. The molecule has 2 aromatic heterocycles. The lowest BCUT2D eigenvalue weighted by Gasteiger charge is -2.21. The molecule has 0 bridgehead atoms. The zero-order valence-corrected chi connectivity index (χ0v) is 16.7. The van der Waals surface area contributed by atoms with Crippen molar-refractivity contribution >= 4 is 33.6 Å². The van der Waals surface area contributed by atoms with Gasteiger partial charge in [-0.3, -0.25) is 4.79 Å². The van der Waals surface area contributed by atoms with Crippen LogP contribution in [0, 0.1) is 18.7 Å². The van der Waals surface area contributed by atoms with Crippen molar-refractivity contribution in [1.82, 2.24) is 15.3 Å². The quantitative estimate of drug-likeness (QED) is 0.458. The molecule has 0 saturated carbocycles. The number of anilines is 1. The van der Waals surface area contributed by atoms with Crippen LogP contribution in [-0.4, -0.2) is 16.0 Å². The van der Waals surface area contributed by atoms with Crippen LogP contribution < -0.4 is 16.2 Å². The fraction of sp³-hybridized carbons (Fsp3) is 0.227. The van der Waals surface area contributed by atoms with Crippen molar-refractivity contribution in [2.24, 2.45) is 5.92 Å². The van der Waals surface area contributed by atoms with Crippen molar-refractivity contribution in [3.05, 3.63) is 70.2 Å². The summed E-state index contributed by atoms with van der Waals surface area (Å²) < 4.78 is 19.6. The molecule has 0 saturated heterocycles. The van der Waals surface area contributed by atoms with E-state index in [2.05, 4.69) is 20.6 Å². The second kappa shape index (κ2) is 7.62. The van der Waals surface area contributed by atoms with Gasteiger partial charge in [0.2, 0.25) is 0 Å². The first kappa shape index (κ1) is 19.6. The summed E-state index contributed by atoms with van der Waals surface area (Å²) in [4.78, 5) is 31.2. The van der Waals surface area contributed by atoms with E-state index in [0.29, 0.717) is 33.3 Å². The van der Waals surface area contributed by atoms with Gasteiger partial charge in [-0.1, -0.05) is 13.8 Å². The molecule has 1 unspecified atom stereocenters. The molecule has 154 valence electrons. The summed E-state index contributed by atoms with van der Waals surface area (Å²) in [5.41, 5.74) is 2.07. The molecule has 0 aliphatic heterocycles. The Kier molecular flexibility index (Phi) is 4.99. The first-order chi connectivity index (χ1) is 14.3. The topological polar surface area (TPSA) is 100 Å². The summed E-state index contributed by atoms with van der Waals surface area (Å²) in [5.74, 6) is 0.258. The summed E-state index contributed by atoms with van der Waals surface area (Å²) >= 11 is 0. The molecule has 0 radical (unpaired) electrons. The van der Waals surface area contributed by atoms with Crippen LogP contribution in [0.4, 0.5) is 14.9 Å². The van der Waals surface area contributed by atoms with Crippen molar-refractivity contribution in [2.75, 3.05) is 5.32 Å². The number of hydrogen-bond donors (Lipinski definition) is 3. The van der Waals surface area contributed by atoms with E-state index in [1.54, 1.807) is 24.3 Å². The van der Waals surface area contributed by atoms with E-state index in [1.165, 1.54) is 18.5 Å². The second-order valence-electron chi connectivity index (χ2n) is 7.52. The normalized spacial score (nSPS) is 12.4. The lowest BCUT2D eigenvalue weighted by atomic mass is 9.98. The molecule has 0 spiro atoms. The minimum absolute atomic E-state index is 0.0171. The highest BCUT2D eigenvalue weighted by molar-refractivity contribution is 5.92. The molecule has 4 rings (SSSR count). The predicted molar refractivity (Wildman–Crippen MR) is 113 cm³/mol. The number of hydrogen-bond acceptors (Lipinski definition) is 4. The molecule has 2 heterocycles. The summed E-state index contributed by atoms with van der Waals surface area (Å²) in [6, 6.07) is 8.39. The van der Waals surface area contributed by atoms with Crippen LogP contribution in [0.5, 0.6) is 0 Å². The zero-order valence-electron chi connectivity index (χ0n) is 16.7. The first-order valence-corrected chi connectivity index (χ1v) is 9.57. The Hall–Kier alpha value is -3.68. The number of amides is 2. The number of furan rings is 1. The van der Waals surface area contributed by atoms with E-state index in [0.717, 1.165) is 5.56 Å². The van der Waals surface area contributed by atoms with E-state index >= 15 is 0 Å². The van der Waals surface area contributed by atoms with Gasteiger partial charge < -0.3 is 20.0 Å². The predicted octanol–water partition coefficient (Wildman–Crippen LogP) is 4.64. The van der Waals surface area contributed by atoms with Crippen LogP contribution in [-0.2, 0) is 0 Å². The van der Waals surface area contributed by atoms with E-state index in [4.69, 9.17) is 4.42 Å². The Labute approximate surface area is 171 Å². The van der Waals surface area contributed by atoms with Gasteiger partial charge in [0.05, 0.1) is 23.3 Å². The Morgan fingerprint density at radius 1 is 1.17 bits per heavy atom. The average Bonchev–Trinajstić information content (AvgIpc) is 3.02. The van der Waals surface area contributed by atoms with E-state index in [9.17, 15) is 14.0 Å². The van der Waals surface area contributed by atoms with Crippen molar-refractivity contribution in [2.45, 2.75) is 26.8 Å². The number of halogens is 1. The molecule has 4 aromatic rings. The molecule has 1 atom stereocenters. The number of carbonyl (C=O) groups is 1. The highest BCUT2D eigenvalue weighted by atomic mass is 19.1. The summed E-state index contributed by atoms with van der Waals surface area (Å²) in [6.07, 6.45) is 1.33. The van der Waals surface area contributed by atoms with Crippen molar-refractivity contribution in [3.8, 4) is 0 Å². The molecular weight excluding hydrogens is 387 g/mol. The number of aromatic nitrogens is 2. The molecule has 2 aromatic carbocycles. The number of nitrogens with zero attached hydrogens (tertiary/aromatic N) is 1. The average molecular weight is 408 g/mol. The van der Waals surface area contributed by atoms with Crippen LogP contribution in [0.1, 0.15) is 31.2 Å². The van der Waals surface area contributed by atoms with Crippen LogP contribution in [0.25, 0.3) is 21.9 Å². The van der Waals surface area contributed by atoms with Gasteiger partial charge in [-0.2, -0.15) is 0 Å². The molecular formula is C22H21FN4O3. The number of carbonyl (C=O) groups excluding carboxylic acids is 1. The number of fused-ring (bicyclic) bond motifs is 2. The molecule has 3 N–H and O–H groups in total. The minimum atomic E-state index is -0.445. The monoisotopic (exact) mass is 408 g/mol. The summed E-state index contributed by atoms with van der Waals surface area (Å²) in [7, 11) is 0. The number of nitrogens with one attached hydrogen (secondary N) is 3. The zero-order chi connectivity index (χ0) is 21.4. The van der Waals surface area contributed by atoms with Crippen LogP contribution >= 0.6 is 0 Å². The van der Waals surface area contributed by atoms with E-state index in [1.807, 2.05) is 20.8 Å². The number of rotatable bonds is 4. The number of urea groups is 1. The Morgan fingerprint density at radius 3 is 2.73 bits per heavy atom. The number of aryl methyl sites for hydroxylation is 1. The maximum absolute atomic E-state index is 13.6. The molecule has 30 heavy (non-hydrogen) atoms. The molecule has 7 nitrogen and oxygen atoms in total. The Bertz CT molecular complexity index is 1310. The van der Waals surface area contributed by atoms with E-state index in [-0.39, 0.29) is 17.3 Å². The lowest BCUT2D eigenvalue weighted by molar-refractivity contribution is 0.241. The number of aromatic amines is 1. The van der Waals surface area contributed by atoms with Gasteiger partial charge in [-0.25, -0.2) is 14.2 Å². The Morgan fingerprint density at radius 2 is 1.97 bits per heavy atom. The highest BCUT2D eigenvalue weighted by Gasteiger charge is 2.25. The van der Waals surface area contributed by atoms with Crippen LogP contribution in [0.15, 0.2) is 51.9 Å². The third-order valence-electron chi connectivity index (χ3n) is 5.07. The van der Waals surface area contributed by atoms with Crippen molar-refractivity contribution < 1.29 is 13.6 Å². The van der Waals surface area contributed by atoms with Gasteiger partial charge in [0.15, 0.2) is 0 Å².